The van der Waals surface area contributed by atoms with Crippen molar-refractivity contribution in [3.63, 3.8) is 0 Å². The number of thioether (sulfide) groups is 1. The summed E-state index contributed by atoms with van der Waals surface area (Å²) in [5.41, 5.74) is 1.69. The van der Waals surface area contributed by atoms with Gasteiger partial charge in [0.05, 0.1) is 5.75 Å². The molecule has 0 fully saturated rings. The molecule has 0 atom stereocenters. The van der Waals surface area contributed by atoms with Crippen LogP contribution in [-0.4, -0.2) is 26.8 Å². The maximum Gasteiger partial charge on any atom is 0.313 e. The number of carbonyl (C=O) groups is 1. The minimum absolute atomic E-state index is 0.0353. The summed E-state index contributed by atoms with van der Waals surface area (Å²) in [4.78, 5) is 19.2. The molecular formula is C14H13FN2O2S. The van der Waals surface area contributed by atoms with E-state index < -0.39 is 5.97 Å². The van der Waals surface area contributed by atoms with Gasteiger partial charge in [0, 0.05) is 12.1 Å². The second-order valence-corrected chi connectivity index (χ2v) is 5.25. The number of aliphatic carboxylic acids is 1. The summed E-state index contributed by atoms with van der Waals surface area (Å²) < 4.78 is 12.8. The first kappa shape index (κ1) is 14.5. The van der Waals surface area contributed by atoms with E-state index in [1.54, 1.807) is 18.2 Å². The van der Waals surface area contributed by atoms with Crippen molar-refractivity contribution in [3.8, 4) is 0 Å². The fourth-order valence-corrected chi connectivity index (χ4v) is 2.37. The van der Waals surface area contributed by atoms with E-state index in [0.717, 1.165) is 23.0 Å². The summed E-state index contributed by atoms with van der Waals surface area (Å²) in [7, 11) is 0. The molecular weight excluding hydrogens is 279 g/mol. The summed E-state index contributed by atoms with van der Waals surface area (Å²) in [6.45, 7) is 1.83. The third-order valence-corrected chi connectivity index (χ3v) is 3.39. The van der Waals surface area contributed by atoms with Gasteiger partial charge in [-0.25, -0.2) is 14.4 Å². The van der Waals surface area contributed by atoms with Crippen LogP contribution in [0.1, 0.15) is 17.1 Å². The summed E-state index contributed by atoms with van der Waals surface area (Å²) in [6, 6.07) is 7.91. The number of carboxylic acids is 1. The molecule has 1 aromatic carbocycles. The Bertz CT molecular complexity index is 617. The summed E-state index contributed by atoms with van der Waals surface area (Å²) >= 11 is 1.16. The molecule has 0 saturated carbocycles. The molecule has 1 N–H and O–H groups in total. The number of hydrogen-bond donors (Lipinski definition) is 1. The van der Waals surface area contributed by atoms with Gasteiger partial charge >= 0.3 is 5.97 Å². The van der Waals surface area contributed by atoms with Crippen LogP contribution in [-0.2, 0) is 11.2 Å². The van der Waals surface area contributed by atoms with Crippen molar-refractivity contribution in [2.75, 3.05) is 5.75 Å². The van der Waals surface area contributed by atoms with E-state index in [9.17, 15) is 9.18 Å². The topological polar surface area (TPSA) is 63.1 Å². The van der Waals surface area contributed by atoms with Crippen molar-refractivity contribution in [3.05, 3.63) is 53.2 Å². The van der Waals surface area contributed by atoms with E-state index >= 15 is 0 Å². The van der Waals surface area contributed by atoms with Gasteiger partial charge in [-0.1, -0.05) is 23.9 Å². The largest absolute Gasteiger partial charge is 0.481 e. The molecule has 0 unspecified atom stereocenters. The molecule has 0 bridgehead atoms. The third-order valence-electron chi connectivity index (χ3n) is 2.50. The van der Waals surface area contributed by atoms with Crippen molar-refractivity contribution in [2.45, 2.75) is 18.4 Å². The highest BCUT2D eigenvalue weighted by Gasteiger charge is 2.06. The standard InChI is InChI=1S/C14H13FN2O2S/c1-9-6-13(20-8-14(18)19)17-12(16-9)7-10-2-4-11(15)5-3-10/h2-6H,7-8H2,1H3,(H,18,19). The zero-order valence-corrected chi connectivity index (χ0v) is 11.7. The number of benzene rings is 1. The van der Waals surface area contributed by atoms with E-state index in [1.165, 1.54) is 12.1 Å². The van der Waals surface area contributed by atoms with Crippen LogP contribution in [0.5, 0.6) is 0 Å². The highest BCUT2D eigenvalue weighted by Crippen LogP contribution is 2.17. The number of rotatable bonds is 5. The highest BCUT2D eigenvalue weighted by molar-refractivity contribution is 7.99. The van der Waals surface area contributed by atoms with Crippen LogP contribution in [0.3, 0.4) is 0 Å². The van der Waals surface area contributed by atoms with E-state index in [1.807, 2.05) is 6.92 Å². The molecule has 0 radical (unpaired) electrons. The van der Waals surface area contributed by atoms with Crippen LogP contribution in [0, 0.1) is 12.7 Å². The molecule has 4 nitrogen and oxygen atoms in total. The zero-order valence-electron chi connectivity index (χ0n) is 10.8. The van der Waals surface area contributed by atoms with Gasteiger partial charge in [-0.2, -0.15) is 0 Å². The van der Waals surface area contributed by atoms with Crippen molar-refractivity contribution in [1.29, 1.82) is 0 Å². The molecule has 0 saturated heterocycles. The van der Waals surface area contributed by atoms with Crippen LogP contribution in [0.2, 0.25) is 0 Å². The molecule has 0 amide bonds. The first-order valence-corrected chi connectivity index (χ1v) is 6.95. The molecule has 0 aliphatic rings. The molecule has 0 spiro atoms. The Hall–Kier alpha value is -1.95. The third kappa shape index (κ3) is 4.31. The fraction of sp³-hybridized carbons (Fsp3) is 0.214. The van der Waals surface area contributed by atoms with E-state index in [0.29, 0.717) is 17.3 Å². The fourth-order valence-electron chi connectivity index (χ4n) is 1.67. The van der Waals surface area contributed by atoms with Gasteiger partial charge in [0.1, 0.15) is 16.7 Å². The highest BCUT2D eigenvalue weighted by atomic mass is 32.2. The lowest BCUT2D eigenvalue weighted by molar-refractivity contribution is -0.133. The lowest BCUT2D eigenvalue weighted by Crippen LogP contribution is -2.02. The Morgan fingerprint density at radius 3 is 2.65 bits per heavy atom. The molecule has 2 aromatic rings. The van der Waals surface area contributed by atoms with Crippen LogP contribution >= 0.6 is 11.8 Å². The number of hydrogen-bond acceptors (Lipinski definition) is 4. The average molecular weight is 292 g/mol. The van der Waals surface area contributed by atoms with Crippen molar-refractivity contribution >= 4 is 17.7 Å². The Kier molecular flexibility index (Phi) is 4.68. The number of aryl methyl sites for hydroxylation is 1. The first-order chi connectivity index (χ1) is 9.52. The molecule has 104 valence electrons. The zero-order chi connectivity index (χ0) is 14.5. The monoisotopic (exact) mass is 292 g/mol. The molecule has 1 heterocycles. The predicted molar refractivity (Wildman–Crippen MR) is 74.3 cm³/mol. The average Bonchev–Trinajstić information content (AvgIpc) is 2.38. The maximum absolute atomic E-state index is 12.8. The van der Waals surface area contributed by atoms with Gasteiger partial charge in [-0.05, 0) is 30.7 Å². The Balaban J connectivity index is 2.14. The molecule has 2 rings (SSSR count). The van der Waals surface area contributed by atoms with Crippen molar-refractivity contribution in [2.24, 2.45) is 0 Å². The van der Waals surface area contributed by atoms with Gasteiger partial charge in [0.2, 0.25) is 0 Å². The van der Waals surface area contributed by atoms with Crippen molar-refractivity contribution < 1.29 is 14.3 Å². The molecule has 0 aliphatic carbocycles. The maximum atomic E-state index is 12.8. The van der Waals surface area contributed by atoms with Crippen LogP contribution < -0.4 is 0 Å². The van der Waals surface area contributed by atoms with E-state index in [-0.39, 0.29) is 11.6 Å². The van der Waals surface area contributed by atoms with Gasteiger partial charge in [0.25, 0.3) is 0 Å². The lowest BCUT2D eigenvalue weighted by atomic mass is 10.1. The summed E-state index contributed by atoms with van der Waals surface area (Å²) in [5, 5.41) is 9.31. The van der Waals surface area contributed by atoms with Gasteiger partial charge in [-0.3, -0.25) is 4.79 Å². The molecule has 1 aromatic heterocycles. The number of nitrogens with zero attached hydrogens (tertiary/aromatic N) is 2. The number of aromatic nitrogens is 2. The number of carboxylic acid groups (broad SMARTS) is 1. The number of halogens is 1. The van der Waals surface area contributed by atoms with Crippen LogP contribution in [0.15, 0.2) is 35.4 Å². The molecule has 0 aliphatic heterocycles. The van der Waals surface area contributed by atoms with Gasteiger partial charge in [0.15, 0.2) is 0 Å². The van der Waals surface area contributed by atoms with Crippen LogP contribution in [0.4, 0.5) is 4.39 Å². The van der Waals surface area contributed by atoms with Crippen LogP contribution in [0.25, 0.3) is 0 Å². The van der Waals surface area contributed by atoms with Gasteiger partial charge in [-0.15, -0.1) is 0 Å². The Morgan fingerprint density at radius 2 is 2.00 bits per heavy atom. The smallest absolute Gasteiger partial charge is 0.313 e. The predicted octanol–water partition coefficient (Wildman–Crippen LogP) is 2.69. The van der Waals surface area contributed by atoms with E-state index in [2.05, 4.69) is 9.97 Å². The van der Waals surface area contributed by atoms with E-state index in [4.69, 9.17) is 5.11 Å². The van der Waals surface area contributed by atoms with Crippen molar-refractivity contribution in [1.82, 2.24) is 9.97 Å². The summed E-state index contributed by atoms with van der Waals surface area (Å²) in [6.07, 6.45) is 0.489. The molecule has 20 heavy (non-hydrogen) atoms. The second-order valence-electron chi connectivity index (χ2n) is 4.25. The van der Waals surface area contributed by atoms with Gasteiger partial charge < -0.3 is 5.11 Å². The molecule has 6 heteroatoms. The first-order valence-electron chi connectivity index (χ1n) is 5.96. The Labute approximate surface area is 120 Å². The summed E-state index contributed by atoms with van der Waals surface area (Å²) in [5.74, 6) is -0.598. The second kappa shape index (κ2) is 6.47. The lowest BCUT2D eigenvalue weighted by Gasteiger charge is -2.05. The normalized spacial score (nSPS) is 10.5. The quantitative estimate of drug-likeness (QED) is 0.678. The minimum atomic E-state index is -0.883. The Morgan fingerprint density at radius 1 is 1.30 bits per heavy atom. The minimum Gasteiger partial charge on any atom is -0.481 e. The SMILES string of the molecule is Cc1cc(SCC(=O)O)nc(Cc2ccc(F)cc2)n1.